The Hall–Kier alpha value is -3.40. The van der Waals surface area contributed by atoms with Gasteiger partial charge in [-0.15, -0.1) is 0 Å². The predicted molar refractivity (Wildman–Crippen MR) is 103 cm³/mol. The van der Waals surface area contributed by atoms with Gasteiger partial charge in [0.05, 0.1) is 5.56 Å². The highest BCUT2D eigenvalue weighted by atomic mass is 16.6. The summed E-state index contributed by atoms with van der Waals surface area (Å²) in [6, 6.07) is 24.3. The minimum Gasteiger partial charge on any atom is -0.409 e. The van der Waals surface area contributed by atoms with Crippen molar-refractivity contribution in [2.24, 2.45) is 0 Å². The van der Waals surface area contributed by atoms with Gasteiger partial charge in [0, 0.05) is 12.7 Å². The first-order valence-corrected chi connectivity index (χ1v) is 8.27. The summed E-state index contributed by atoms with van der Waals surface area (Å²) in [4.78, 5) is 24.9. The normalized spacial score (nSPS) is 10.2. The van der Waals surface area contributed by atoms with E-state index in [1.807, 2.05) is 18.2 Å². The van der Waals surface area contributed by atoms with E-state index in [0.717, 1.165) is 5.69 Å². The lowest BCUT2D eigenvalue weighted by molar-refractivity contribution is 0.101. The van der Waals surface area contributed by atoms with Crippen LogP contribution in [0.3, 0.4) is 0 Å². The van der Waals surface area contributed by atoms with Gasteiger partial charge >= 0.3 is 6.09 Å². The topological polar surface area (TPSA) is 46.6 Å². The van der Waals surface area contributed by atoms with Crippen LogP contribution < -0.4 is 9.64 Å². The second kappa shape index (κ2) is 7.66. The monoisotopic (exact) mass is 345 g/mol. The smallest absolute Gasteiger partial charge is 0.409 e. The zero-order valence-electron chi connectivity index (χ0n) is 14.7. The molecule has 4 heteroatoms. The molecular formula is C22H19NO3. The van der Waals surface area contributed by atoms with Crippen molar-refractivity contribution in [2.45, 2.75) is 6.92 Å². The molecular weight excluding hydrogens is 326 g/mol. The number of hydrogen-bond donors (Lipinski definition) is 0. The van der Waals surface area contributed by atoms with Crippen molar-refractivity contribution in [3.05, 3.63) is 84.4 Å². The molecule has 2 aromatic rings. The molecule has 130 valence electrons. The molecule has 2 aromatic carbocycles. The highest BCUT2D eigenvalue weighted by molar-refractivity contribution is 5.98. The molecule has 0 saturated heterocycles. The Bertz CT molecular complexity index is 897. The van der Waals surface area contributed by atoms with E-state index in [4.69, 9.17) is 4.74 Å². The molecule has 0 radical (unpaired) electrons. The number of Topliss-reactive ketones (excluding diaryl/α,β-unsaturated/α-hetero) is 1. The first-order chi connectivity index (χ1) is 12.6. The van der Waals surface area contributed by atoms with E-state index >= 15 is 0 Å². The van der Waals surface area contributed by atoms with Crippen molar-refractivity contribution >= 4 is 17.6 Å². The van der Waals surface area contributed by atoms with Crippen LogP contribution in [0, 0.1) is 0 Å². The van der Waals surface area contributed by atoms with Gasteiger partial charge < -0.3 is 4.74 Å². The number of amides is 1. The number of ether oxygens (including phenoxy) is 1. The maximum Gasteiger partial charge on any atom is 0.419 e. The Labute approximate surface area is 152 Å². The summed E-state index contributed by atoms with van der Waals surface area (Å²) in [6.45, 7) is 1.44. The molecule has 0 heterocycles. The molecule has 1 amide bonds. The molecule has 0 aromatic heterocycles. The van der Waals surface area contributed by atoms with Crippen LogP contribution >= 0.6 is 0 Å². The van der Waals surface area contributed by atoms with Gasteiger partial charge in [0.15, 0.2) is 5.78 Å². The highest BCUT2D eigenvalue weighted by Crippen LogP contribution is 2.29. The number of carbonyl (C=O) groups is 2. The van der Waals surface area contributed by atoms with Crippen LogP contribution in [0.4, 0.5) is 10.5 Å². The van der Waals surface area contributed by atoms with Crippen LogP contribution in [0.5, 0.6) is 5.75 Å². The van der Waals surface area contributed by atoms with Crippen molar-refractivity contribution in [2.75, 3.05) is 11.9 Å². The molecule has 0 saturated carbocycles. The third-order valence-electron chi connectivity index (χ3n) is 4.10. The van der Waals surface area contributed by atoms with E-state index < -0.39 is 6.09 Å². The lowest BCUT2D eigenvalue weighted by Crippen LogP contribution is -2.29. The molecule has 0 bridgehead atoms. The van der Waals surface area contributed by atoms with Gasteiger partial charge in [0.1, 0.15) is 5.75 Å². The zero-order valence-corrected chi connectivity index (χ0v) is 14.7. The molecule has 0 unspecified atom stereocenters. The molecule has 26 heavy (non-hydrogen) atoms. The summed E-state index contributed by atoms with van der Waals surface area (Å²) in [7, 11) is 1.62. The second-order valence-electron chi connectivity index (χ2n) is 5.89. The summed E-state index contributed by atoms with van der Waals surface area (Å²) in [5.41, 5.74) is 3.96. The van der Waals surface area contributed by atoms with Crippen LogP contribution in [-0.4, -0.2) is 18.9 Å². The number of para-hydroxylation sites is 2. The number of fused-ring (bicyclic) bond motifs is 1. The fourth-order valence-electron chi connectivity index (χ4n) is 2.43. The average molecular weight is 345 g/mol. The Morgan fingerprint density at radius 2 is 1.31 bits per heavy atom. The quantitative estimate of drug-likeness (QED) is 0.480. The number of anilines is 1. The van der Waals surface area contributed by atoms with E-state index in [9.17, 15) is 9.59 Å². The molecule has 4 rings (SSSR count). The molecule has 0 N–H and O–H groups in total. The number of rotatable bonds is 3. The van der Waals surface area contributed by atoms with Gasteiger partial charge in [-0.05, 0) is 42.3 Å². The third kappa shape index (κ3) is 3.81. The molecule has 4 nitrogen and oxygen atoms in total. The summed E-state index contributed by atoms with van der Waals surface area (Å²) in [5, 5.41) is 0. The minimum atomic E-state index is -0.537. The largest absolute Gasteiger partial charge is 0.419 e. The van der Waals surface area contributed by atoms with E-state index in [2.05, 4.69) is 24.3 Å². The molecule has 0 aliphatic heterocycles. The maximum atomic E-state index is 12.1. The van der Waals surface area contributed by atoms with E-state index in [-0.39, 0.29) is 11.5 Å². The molecule has 0 fully saturated rings. The molecule has 0 atom stereocenters. The van der Waals surface area contributed by atoms with Crippen molar-refractivity contribution < 1.29 is 14.3 Å². The minimum absolute atomic E-state index is 0.143. The summed E-state index contributed by atoms with van der Waals surface area (Å²) in [6.07, 6.45) is -0.537. The van der Waals surface area contributed by atoms with E-state index in [1.165, 1.54) is 23.0 Å². The van der Waals surface area contributed by atoms with Crippen molar-refractivity contribution in [1.82, 2.24) is 0 Å². The van der Waals surface area contributed by atoms with Crippen molar-refractivity contribution in [1.29, 1.82) is 0 Å². The Morgan fingerprint density at radius 1 is 0.769 bits per heavy atom. The van der Waals surface area contributed by atoms with Crippen LogP contribution in [0.25, 0.3) is 11.1 Å². The standard InChI is InChI=1S/C16H15NO3.C6H4/c1-12(18)14-10-6-7-11-15(14)20-16(19)17(2)13-8-4-3-5-9-13;1-2-6-4-3-5(1)6/h3-11H,1-2H3;1-4H. The molecule has 0 spiro atoms. The van der Waals surface area contributed by atoms with Crippen LogP contribution in [0.1, 0.15) is 17.3 Å². The number of ketones is 1. The maximum absolute atomic E-state index is 12.1. The van der Waals surface area contributed by atoms with Gasteiger partial charge in [-0.3, -0.25) is 9.69 Å². The second-order valence-corrected chi connectivity index (χ2v) is 5.89. The summed E-state index contributed by atoms with van der Waals surface area (Å²) in [5.74, 6) is 0.128. The first-order valence-electron chi connectivity index (χ1n) is 8.27. The fourth-order valence-corrected chi connectivity index (χ4v) is 2.43. The molecule has 2 aliphatic rings. The van der Waals surface area contributed by atoms with Gasteiger partial charge in [-0.2, -0.15) is 0 Å². The number of hydrogen-bond acceptors (Lipinski definition) is 3. The van der Waals surface area contributed by atoms with Gasteiger partial charge in [-0.1, -0.05) is 54.6 Å². The molecule has 2 aliphatic carbocycles. The van der Waals surface area contributed by atoms with Gasteiger partial charge in [0.2, 0.25) is 0 Å². The predicted octanol–water partition coefficient (Wildman–Crippen LogP) is 5.19. The summed E-state index contributed by atoms with van der Waals surface area (Å²) >= 11 is 0. The zero-order chi connectivity index (χ0) is 18.5. The third-order valence-corrected chi connectivity index (χ3v) is 4.10. The van der Waals surface area contributed by atoms with Crippen LogP contribution in [0.2, 0.25) is 0 Å². The van der Waals surface area contributed by atoms with E-state index in [1.54, 1.807) is 43.4 Å². The Balaban J connectivity index is 0.000000269. The Morgan fingerprint density at radius 3 is 1.81 bits per heavy atom. The number of carbonyl (C=O) groups excluding carboxylic acids is 2. The highest BCUT2D eigenvalue weighted by Gasteiger charge is 2.16. The van der Waals surface area contributed by atoms with Gasteiger partial charge in [0.25, 0.3) is 0 Å². The number of nitrogens with zero attached hydrogens (tertiary/aromatic N) is 1. The van der Waals surface area contributed by atoms with E-state index in [0.29, 0.717) is 5.56 Å². The van der Waals surface area contributed by atoms with Crippen LogP contribution in [-0.2, 0) is 0 Å². The summed E-state index contributed by atoms with van der Waals surface area (Å²) < 4.78 is 5.29. The number of benzene rings is 3. The SMILES string of the molecule is CC(=O)c1ccccc1OC(=O)N(C)c1ccccc1.c1cc2ccc1-2. The fraction of sp³-hybridized carbons (Fsp3) is 0.0909. The first kappa shape index (κ1) is 17.4. The van der Waals surface area contributed by atoms with Crippen molar-refractivity contribution in [3.63, 3.8) is 0 Å². The van der Waals surface area contributed by atoms with Gasteiger partial charge in [-0.25, -0.2) is 4.79 Å². The lowest BCUT2D eigenvalue weighted by Gasteiger charge is -2.17. The lowest BCUT2D eigenvalue weighted by atomic mass is 9.95. The van der Waals surface area contributed by atoms with Crippen molar-refractivity contribution in [3.8, 4) is 16.9 Å². The average Bonchev–Trinajstić information content (AvgIpc) is 2.65. The van der Waals surface area contributed by atoms with Crippen LogP contribution in [0.15, 0.2) is 78.9 Å². The Kier molecular flexibility index (Phi) is 5.13.